The summed E-state index contributed by atoms with van der Waals surface area (Å²) in [5.41, 5.74) is 8.66. The van der Waals surface area contributed by atoms with Crippen LogP contribution in [-0.2, 0) is 0 Å². The number of rotatable bonds is 5. The summed E-state index contributed by atoms with van der Waals surface area (Å²) in [4.78, 5) is 14.3. The molecular formula is C8H8Br2N4OS. The van der Waals surface area contributed by atoms with Crippen molar-refractivity contribution in [2.75, 3.05) is 13.1 Å². The maximum Gasteiger partial charge on any atom is 0.253 e. The summed E-state index contributed by atoms with van der Waals surface area (Å²) in [6.07, 6.45) is 0.638. The molecule has 0 aromatic carbocycles. The van der Waals surface area contributed by atoms with Crippen molar-refractivity contribution in [2.45, 2.75) is 6.42 Å². The molecule has 0 spiro atoms. The highest BCUT2D eigenvalue weighted by molar-refractivity contribution is 9.12. The lowest BCUT2D eigenvalue weighted by Gasteiger charge is -2.02. The first-order chi connectivity index (χ1) is 7.65. The lowest BCUT2D eigenvalue weighted by Crippen LogP contribution is -2.24. The molecule has 1 aromatic heterocycles. The summed E-state index contributed by atoms with van der Waals surface area (Å²) < 4.78 is 1.70. The average Bonchev–Trinajstić information content (AvgIpc) is 2.57. The fourth-order valence-electron chi connectivity index (χ4n) is 0.987. The number of hydrogen-bond donors (Lipinski definition) is 1. The van der Waals surface area contributed by atoms with Crippen LogP contribution in [0.1, 0.15) is 16.8 Å². The van der Waals surface area contributed by atoms with Gasteiger partial charge in [0.15, 0.2) is 0 Å². The van der Waals surface area contributed by atoms with Crippen LogP contribution in [0.4, 0.5) is 0 Å². The van der Waals surface area contributed by atoms with Crippen LogP contribution < -0.4 is 5.32 Å². The van der Waals surface area contributed by atoms with Crippen molar-refractivity contribution in [1.29, 1.82) is 0 Å². The van der Waals surface area contributed by atoms with Gasteiger partial charge in [0.25, 0.3) is 5.91 Å². The van der Waals surface area contributed by atoms with E-state index in [0.717, 1.165) is 7.57 Å². The Morgan fingerprint density at radius 3 is 2.94 bits per heavy atom. The first-order valence-corrected chi connectivity index (χ1v) is 6.79. The van der Waals surface area contributed by atoms with E-state index in [2.05, 4.69) is 47.2 Å². The molecule has 0 radical (unpaired) electrons. The number of thiophene rings is 1. The van der Waals surface area contributed by atoms with Gasteiger partial charge in [-0.1, -0.05) is 5.11 Å². The van der Waals surface area contributed by atoms with E-state index in [1.807, 2.05) is 0 Å². The largest absolute Gasteiger partial charge is 0.352 e. The molecule has 1 aromatic rings. The molecule has 0 unspecified atom stereocenters. The first kappa shape index (κ1) is 13.5. The van der Waals surface area contributed by atoms with Crippen molar-refractivity contribution in [2.24, 2.45) is 5.11 Å². The van der Waals surface area contributed by atoms with Gasteiger partial charge < -0.3 is 5.32 Å². The van der Waals surface area contributed by atoms with Crippen LogP contribution in [-0.4, -0.2) is 19.0 Å². The Hall–Kier alpha value is -0.560. The molecule has 0 aliphatic carbocycles. The minimum absolute atomic E-state index is 0.130. The number of nitrogens with zero attached hydrogens (tertiary/aromatic N) is 3. The summed E-state index contributed by atoms with van der Waals surface area (Å²) in [6, 6.07) is 1.76. The Kier molecular flexibility index (Phi) is 5.83. The van der Waals surface area contributed by atoms with Crippen LogP contribution in [0, 0.1) is 0 Å². The lowest BCUT2D eigenvalue weighted by atomic mass is 10.3. The normalized spacial score (nSPS) is 9.62. The van der Waals surface area contributed by atoms with Crippen LogP contribution in [0.2, 0.25) is 0 Å². The Morgan fingerprint density at radius 2 is 2.38 bits per heavy atom. The van der Waals surface area contributed by atoms with Gasteiger partial charge in [-0.05, 0) is 49.9 Å². The SMILES string of the molecule is [N-]=[N+]=NCCCNC(=O)c1cc(Br)sc1Br. The molecule has 0 bridgehead atoms. The van der Waals surface area contributed by atoms with Crippen molar-refractivity contribution in [3.05, 3.63) is 29.6 Å². The van der Waals surface area contributed by atoms with Crippen LogP contribution in [0.15, 0.2) is 18.8 Å². The van der Waals surface area contributed by atoms with Gasteiger partial charge in [-0.15, -0.1) is 11.3 Å². The molecular weight excluding hydrogens is 360 g/mol. The first-order valence-electron chi connectivity index (χ1n) is 4.39. The molecule has 16 heavy (non-hydrogen) atoms. The van der Waals surface area contributed by atoms with Crippen molar-refractivity contribution >= 4 is 49.1 Å². The van der Waals surface area contributed by atoms with Crippen molar-refractivity contribution in [3.63, 3.8) is 0 Å². The lowest BCUT2D eigenvalue weighted by molar-refractivity contribution is 0.0953. The van der Waals surface area contributed by atoms with E-state index in [1.54, 1.807) is 6.07 Å². The third-order valence-electron chi connectivity index (χ3n) is 1.69. The molecule has 1 amide bonds. The summed E-state index contributed by atoms with van der Waals surface area (Å²) in [5, 5.41) is 6.12. The Bertz CT molecular complexity index is 428. The number of carbonyl (C=O) groups is 1. The number of hydrogen-bond acceptors (Lipinski definition) is 3. The van der Waals surface area contributed by atoms with Crippen LogP contribution >= 0.6 is 43.2 Å². The third kappa shape index (κ3) is 4.13. The summed E-state index contributed by atoms with van der Waals surface area (Å²) in [6.45, 7) is 0.892. The highest BCUT2D eigenvalue weighted by Crippen LogP contribution is 2.31. The summed E-state index contributed by atoms with van der Waals surface area (Å²) >= 11 is 8.07. The monoisotopic (exact) mass is 366 g/mol. The topological polar surface area (TPSA) is 77.9 Å². The molecule has 0 saturated carbocycles. The molecule has 0 aliphatic heterocycles. The highest BCUT2D eigenvalue weighted by atomic mass is 79.9. The van der Waals surface area contributed by atoms with Gasteiger partial charge >= 0.3 is 0 Å². The quantitative estimate of drug-likeness (QED) is 0.366. The third-order valence-corrected chi connectivity index (χ3v) is 4.02. The summed E-state index contributed by atoms with van der Waals surface area (Å²) in [7, 11) is 0. The van der Waals surface area contributed by atoms with Crippen molar-refractivity contribution < 1.29 is 4.79 Å². The number of halogens is 2. The van der Waals surface area contributed by atoms with Crippen molar-refractivity contribution in [3.8, 4) is 0 Å². The molecule has 0 atom stereocenters. The molecule has 1 heterocycles. The second kappa shape index (κ2) is 6.90. The van der Waals surface area contributed by atoms with Crippen molar-refractivity contribution in [1.82, 2.24) is 5.32 Å². The smallest absolute Gasteiger partial charge is 0.253 e. The van der Waals surface area contributed by atoms with Gasteiger partial charge in [0.05, 0.1) is 13.1 Å². The Labute approximate surface area is 113 Å². The maximum absolute atomic E-state index is 11.7. The van der Waals surface area contributed by atoms with Gasteiger partial charge in [0.2, 0.25) is 0 Å². The van der Waals surface area contributed by atoms with Gasteiger partial charge in [0, 0.05) is 18.0 Å². The molecule has 0 fully saturated rings. The van der Waals surface area contributed by atoms with E-state index in [0.29, 0.717) is 25.1 Å². The van der Waals surface area contributed by atoms with Gasteiger partial charge in [-0.3, -0.25) is 4.79 Å². The number of azide groups is 1. The number of carbonyl (C=O) groups excluding carboxylic acids is 1. The van der Waals surface area contributed by atoms with Gasteiger partial charge in [0.1, 0.15) is 0 Å². The second-order valence-electron chi connectivity index (χ2n) is 2.80. The predicted octanol–water partition coefficient (Wildman–Crippen LogP) is 3.70. The fraction of sp³-hybridized carbons (Fsp3) is 0.375. The zero-order chi connectivity index (χ0) is 12.0. The zero-order valence-corrected chi connectivity index (χ0v) is 12.1. The summed E-state index contributed by atoms with van der Waals surface area (Å²) in [5.74, 6) is -0.130. The minimum Gasteiger partial charge on any atom is -0.352 e. The molecule has 0 aliphatic rings. The molecule has 1 rings (SSSR count). The average molecular weight is 368 g/mol. The maximum atomic E-state index is 11.7. The van der Waals surface area contributed by atoms with Crippen LogP contribution in [0.25, 0.3) is 10.4 Å². The van der Waals surface area contributed by atoms with Gasteiger partial charge in [-0.2, -0.15) is 0 Å². The van der Waals surface area contributed by atoms with Crippen LogP contribution in [0.5, 0.6) is 0 Å². The second-order valence-corrected chi connectivity index (χ2v) is 6.55. The van der Waals surface area contributed by atoms with E-state index in [-0.39, 0.29) is 5.91 Å². The molecule has 1 N–H and O–H groups in total. The molecule has 5 nitrogen and oxygen atoms in total. The molecule has 0 saturated heterocycles. The van der Waals surface area contributed by atoms with Gasteiger partial charge in [-0.25, -0.2) is 0 Å². The molecule has 86 valence electrons. The Balaban J connectivity index is 2.41. The molecule has 8 heteroatoms. The fourth-order valence-corrected chi connectivity index (χ4v) is 3.78. The predicted molar refractivity (Wildman–Crippen MR) is 70.7 cm³/mol. The Morgan fingerprint density at radius 1 is 1.62 bits per heavy atom. The van der Waals surface area contributed by atoms with E-state index >= 15 is 0 Å². The van der Waals surface area contributed by atoms with Crippen LogP contribution in [0.3, 0.4) is 0 Å². The highest BCUT2D eigenvalue weighted by Gasteiger charge is 2.12. The minimum atomic E-state index is -0.130. The standard InChI is InChI=1S/C8H8Br2N4OS/c9-6-4-5(7(10)16-6)8(15)12-2-1-3-13-14-11/h4H,1-3H2,(H,12,15). The van der Waals surface area contributed by atoms with E-state index < -0.39 is 0 Å². The number of nitrogens with one attached hydrogen (secondary N) is 1. The van der Waals surface area contributed by atoms with E-state index in [4.69, 9.17) is 5.53 Å². The van der Waals surface area contributed by atoms with E-state index in [9.17, 15) is 4.79 Å². The van der Waals surface area contributed by atoms with E-state index in [1.165, 1.54) is 11.3 Å². The zero-order valence-electron chi connectivity index (χ0n) is 8.11. The number of amides is 1.